The molecule has 124 valence electrons. The molecule has 2 aliphatic rings. The number of nitrogens with one attached hydrogen (secondary N) is 1. The number of aromatic nitrogens is 2. The number of likely N-dealkylation sites (tertiary alicyclic amines) is 2. The summed E-state index contributed by atoms with van der Waals surface area (Å²) in [5.41, 5.74) is 1.51. The van der Waals surface area contributed by atoms with E-state index in [1.807, 2.05) is 23.7 Å². The number of rotatable bonds is 5. The van der Waals surface area contributed by atoms with Gasteiger partial charge in [-0.15, -0.1) is 11.3 Å². The van der Waals surface area contributed by atoms with Gasteiger partial charge in [-0.25, -0.2) is 4.98 Å². The van der Waals surface area contributed by atoms with E-state index in [1.165, 1.54) is 55.8 Å². The number of H-pyrrole nitrogens is 1. The zero-order chi connectivity index (χ0) is 15.5. The van der Waals surface area contributed by atoms with E-state index in [9.17, 15) is 0 Å². The molecule has 1 N–H and O–H groups in total. The molecule has 0 saturated carbocycles. The van der Waals surface area contributed by atoms with Gasteiger partial charge >= 0.3 is 0 Å². The predicted octanol–water partition coefficient (Wildman–Crippen LogP) is 3.45. The Balaban J connectivity index is 1.33. The summed E-state index contributed by atoms with van der Waals surface area (Å²) < 4.78 is 0. The van der Waals surface area contributed by atoms with E-state index in [0.29, 0.717) is 5.92 Å². The van der Waals surface area contributed by atoms with Crippen LogP contribution in [0.15, 0.2) is 23.8 Å². The Morgan fingerprint density at radius 2 is 2.00 bits per heavy atom. The van der Waals surface area contributed by atoms with Gasteiger partial charge < -0.3 is 4.98 Å². The summed E-state index contributed by atoms with van der Waals surface area (Å²) in [5, 5.41) is 2.36. The van der Waals surface area contributed by atoms with Crippen LogP contribution in [-0.2, 0) is 13.1 Å². The van der Waals surface area contributed by atoms with Crippen LogP contribution < -0.4 is 0 Å². The summed E-state index contributed by atoms with van der Waals surface area (Å²) in [6.45, 7) is 7.15. The zero-order valence-corrected chi connectivity index (χ0v) is 14.5. The summed E-state index contributed by atoms with van der Waals surface area (Å²) >= 11 is 1.93. The van der Waals surface area contributed by atoms with Gasteiger partial charge in [-0.05, 0) is 62.3 Å². The molecule has 0 aromatic carbocycles. The van der Waals surface area contributed by atoms with Gasteiger partial charge in [-0.3, -0.25) is 9.80 Å². The van der Waals surface area contributed by atoms with Crippen molar-refractivity contribution in [3.8, 4) is 0 Å². The number of aromatic amines is 1. The zero-order valence-electron chi connectivity index (χ0n) is 13.7. The summed E-state index contributed by atoms with van der Waals surface area (Å²) in [4.78, 5) is 14.4. The van der Waals surface area contributed by atoms with Crippen molar-refractivity contribution in [2.75, 3.05) is 26.2 Å². The smallest absolute Gasteiger partial charge is 0.110 e. The minimum atomic E-state index is 0.572. The van der Waals surface area contributed by atoms with Crippen LogP contribution in [0.25, 0.3) is 0 Å². The summed E-state index contributed by atoms with van der Waals surface area (Å²) in [5.74, 6) is 1.73. The molecular formula is C18H26N4S. The molecule has 0 amide bonds. The standard InChI is InChI=1S/C18H26N4S/c1-2-8-21(7-1)11-15-10-17(23-14-15)13-22-9-3-4-16(12-22)18-19-5-6-20-18/h5-6,10,14,16H,1-4,7-9,11-13H2,(H,19,20)/t16-/m0/s1. The van der Waals surface area contributed by atoms with Gasteiger partial charge in [0.15, 0.2) is 0 Å². The Hall–Kier alpha value is -1.17. The third-order valence-corrected chi connectivity index (χ3v) is 6.07. The molecule has 0 aliphatic carbocycles. The highest BCUT2D eigenvalue weighted by atomic mass is 32.1. The maximum atomic E-state index is 4.46. The van der Waals surface area contributed by atoms with E-state index in [1.54, 1.807) is 0 Å². The normalized spacial score (nSPS) is 23.6. The van der Waals surface area contributed by atoms with Crippen LogP contribution in [0.3, 0.4) is 0 Å². The van der Waals surface area contributed by atoms with Gasteiger partial charge in [0.25, 0.3) is 0 Å². The highest BCUT2D eigenvalue weighted by Crippen LogP contribution is 2.27. The van der Waals surface area contributed by atoms with E-state index in [2.05, 4.69) is 31.2 Å². The van der Waals surface area contributed by atoms with E-state index in [0.717, 1.165) is 25.5 Å². The monoisotopic (exact) mass is 330 g/mol. The minimum absolute atomic E-state index is 0.572. The van der Waals surface area contributed by atoms with Gasteiger partial charge in [0.2, 0.25) is 0 Å². The SMILES string of the molecule is c1c[nH]c([C@H]2CCCN(Cc3cc(CN4CCCC4)cs3)C2)n1. The van der Waals surface area contributed by atoms with E-state index < -0.39 is 0 Å². The van der Waals surface area contributed by atoms with E-state index >= 15 is 0 Å². The number of imidazole rings is 1. The Morgan fingerprint density at radius 3 is 2.83 bits per heavy atom. The molecular weight excluding hydrogens is 304 g/mol. The first-order valence-corrected chi connectivity index (χ1v) is 9.75. The second-order valence-electron chi connectivity index (χ2n) is 6.95. The van der Waals surface area contributed by atoms with E-state index in [4.69, 9.17) is 0 Å². The minimum Gasteiger partial charge on any atom is -0.348 e. The van der Waals surface area contributed by atoms with Gasteiger partial charge in [0, 0.05) is 42.8 Å². The highest BCUT2D eigenvalue weighted by Gasteiger charge is 2.23. The molecule has 2 aliphatic heterocycles. The first kappa shape index (κ1) is 15.4. The molecule has 0 spiro atoms. The maximum absolute atomic E-state index is 4.46. The van der Waals surface area contributed by atoms with Crippen LogP contribution in [-0.4, -0.2) is 45.9 Å². The number of nitrogens with zero attached hydrogens (tertiary/aromatic N) is 3. The summed E-state index contributed by atoms with van der Waals surface area (Å²) in [6.07, 6.45) is 9.10. The molecule has 2 aromatic heterocycles. The Morgan fingerprint density at radius 1 is 1.13 bits per heavy atom. The van der Waals surface area contributed by atoms with Crippen LogP contribution in [0, 0.1) is 0 Å². The summed E-state index contributed by atoms with van der Waals surface area (Å²) in [7, 11) is 0. The largest absolute Gasteiger partial charge is 0.348 e. The third-order valence-electron chi connectivity index (χ3n) is 5.10. The lowest BCUT2D eigenvalue weighted by Crippen LogP contribution is -2.34. The first-order valence-electron chi connectivity index (χ1n) is 8.87. The molecule has 4 rings (SSSR count). The molecule has 23 heavy (non-hydrogen) atoms. The van der Waals surface area contributed by atoms with Crippen molar-refractivity contribution in [2.45, 2.75) is 44.7 Å². The molecule has 0 radical (unpaired) electrons. The van der Waals surface area contributed by atoms with Gasteiger partial charge in [0.1, 0.15) is 5.82 Å². The van der Waals surface area contributed by atoms with E-state index in [-0.39, 0.29) is 0 Å². The fraction of sp³-hybridized carbons (Fsp3) is 0.611. The number of piperidine rings is 1. The van der Waals surface area contributed by atoms with Crippen molar-refractivity contribution in [2.24, 2.45) is 0 Å². The number of thiophene rings is 1. The number of hydrogen-bond donors (Lipinski definition) is 1. The lowest BCUT2D eigenvalue weighted by atomic mass is 9.97. The van der Waals surface area contributed by atoms with Crippen molar-refractivity contribution in [1.82, 2.24) is 19.8 Å². The second kappa shape index (κ2) is 7.16. The predicted molar refractivity (Wildman–Crippen MR) is 94.7 cm³/mol. The molecule has 5 heteroatoms. The maximum Gasteiger partial charge on any atom is 0.110 e. The summed E-state index contributed by atoms with van der Waals surface area (Å²) in [6, 6.07) is 2.43. The molecule has 0 bridgehead atoms. The van der Waals surface area contributed by atoms with Crippen LogP contribution in [0.2, 0.25) is 0 Å². The van der Waals surface area contributed by atoms with Crippen LogP contribution in [0.1, 0.15) is 47.9 Å². The average molecular weight is 331 g/mol. The topological polar surface area (TPSA) is 35.2 Å². The molecule has 1 atom stereocenters. The van der Waals surface area contributed by atoms with Crippen LogP contribution in [0.5, 0.6) is 0 Å². The Labute approximate surface area is 142 Å². The fourth-order valence-electron chi connectivity index (χ4n) is 3.93. The lowest BCUT2D eigenvalue weighted by molar-refractivity contribution is 0.198. The van der Waals surface area contributed by atoms with Crippen LogP contribution >= 0.6 is 11.3 Å². The molecule has 4 heterocycles. The molecule has 0 unspecified atom stereocenters. The van der Waals surface area contributed by atoms with Crippen molar-refractivity contribution < 1.29 is 0 Å². The van der Waals surface area contributed by atoms with Crippen LogP contribution in [0.4, 0.5) is 0 Å². The quantitative estimate of drug-likeness (QED) is 0.912. The second-order valence-corrected chi connectivity index (χ2v) is 7.95. The van der Waals surface area contributed by atoms with Gasteiger partial charge in [-0.1, -0.05) is 0 Å². The Bertz CT molecular complexity index is 600. The number of hydrogen-bond acceptors (Lipinski definition) is 4. The lowest BCUT2D eigenvalue weighted by Gasteiger charge is -2.31. The third kappa shape index (κ3) is 3.84. The van der Waals surface area contributed by atoms with Crippen molar-refractivity contribution in [1.29, 1.82) is 0 Å². The van der Waals surface area contributed by atoms with Crippen molar-refractivity contribution in [3.63, 3.8) is 0 Å². The van der Waals surface area contributed by atoms with Crippen molar-refractivity contribution >= 4 is 11.3 Å². The van der Waals surface area contributed by atoms with Gasteiger partial charge in [-0.2, -0.15) is 0 Å². The molecule has 2 fully saturated rings. The molecule has 2 saturated heterocycles. The Kier molecular flexibility index (Phi) is 4.78. The first-order chi connectivity index (χ1) is 11.4. The highest BCUT2D eigenvalue weighted by molar-refractivity contribution is 7.10. The fourth-order valence-corrected chi connectivity index (χ4v) is 4.86. The van der Waals surface area contributed by atoms with Crippen molar-refractivity contribution in [3.05, 3.63) is 40.1 Å². The van der Waals surface area contributed by atoms with Gasteiger partial charge in [0.05, 0.1) is 0 Å². The molecule has 4 nitrogen and oxygen atoms in total. The average Bonchev–Trinajstić information content (AvgIpc) is 3.30. The molecule has 2 aromatic rings.